The highest BCUT2D eigenvalue weighted by Crippen LogP contribution is 2.30. The maximum atomic E-state index is 13.2. The molecule has 0 bridgehead atoms. The molecule has 2 rings (SSSR count). The van der Waals surface area contributed by atoms with Gasteiger partial charge in [0.1, 0.15) is 16.8 Å². The van der Waals surface area contributed by atoms with Crippen LogP contribution in [0.3, 0.4) is 0 Å². The van der Waals surface area contributed by atoms with Crippen molar-refractivity contribution < 1.29 is 8.78 Å². The number of benzene rings is 1. The van der Waals surface area contributed by atoms with Gasteiger partial charge in [0.25, 0.3) is 0 Å². The molecule has 0 radical (unpaired) electrons. The van der Waals surface area contributed by atoms with Crippen LogP contribution in [0.15, 0.2) is 24.3 Å². The molecule has 0 atom stereocenters. The summed E-state index contributed by atoms with van der Waals surface area (Å²) in [7, 11) is 0. The second kappa shape index (κ2) is 3.63. The van der Waals surface area contributed by atoms with E-state index in [1.54, 1.807) is 0 Å². The van der Waals surface area contributed by atoms with Gasteiger partial charge in [0, 0.05) is 0 Å². The van der Waals surface area contributed by atoms with Crippen LogP contribution in [-0.2, 0) is 0 Å². The Balaban J connectivity index is 2.61. The van der Waals surface area contributed by atoms with Crippen LogP contribution in [-0.4, -0.2) is 4.37 Å². The maximum Gasteiger partial charge on any atom is 0.143 e. The zero-order chi connectivity index (χ0) is 10.1. The summed E-state index contributed by atoms with van der Waals surface area (Å²) in [5.74, 6) is -1.21. The molecule has 1 aromatic heterocycles. The lowest BCUT2D eigenvalue weighted by molar-refractivity contribution is 0.590. The molecule has 0 saturated heterocycles. The van der Waals surface area contributed by atoms with E-state index in [0.717, 1.165) is 11.5 Å². The first-order valence-corrected chi connectivity index (χ1v) is 4.90. The lowest BCUT2D eigenvalue weighted by Crippen LogP contribution is -1.86. The summed E-state index contributed by atoms with van der Waals surface area (Å²) in [6.07, 6.45) is 0. The molecule has 1 aromatic carbocycles. The Kier molecular flexibility index (Phi) is 2.48. The molecular formula is C9H4ClF2NS. The monoisotopic (exact) mass is 231 g/mol. The van der Waals surface area contributed by atoms with Crippen molar-refractivity contribution >= 4 is 23.1 Å². The number of rotatable bonds is 1. The highest BCUT2D eigenvalue weighted by Gasteiger charge is 2.13. The molecule has 0 N–H and O–H groups in total. The van der Waals surface area contributed by atoms with Crippen molar-refractivity contribution in [2.45, 2.75) is 0 Å². The van der Waals surface area contributed by atoms with Gasteiger partial charge in [0.2, 0.25) is 0 Å². The van der Waals surface area contributed by atoms with Crippen LogP contribution in [0.5, 0.6) is 0 Å². The van der Waals surface area contributed by atoms with E-state index in [1.807, 2.05) is 0 Å². The van der Waals surface area contributed by atoms with E-state index in [2.05, 4.69) is 4.37 Å². The van der Waals surface area contributed by atoms with E-state index in [9.17, 15) is 8.78 Å². The van der Waals surface area contributed by atoms with E-state index >= 15 is 0 Å². The van der Waals surface area contributed by atoms with Crippen molar-refractivity contribution in [1.29, 1.82) is 0 Å². The molecule has 5 heteroatoms. The molecule has 72 valence electrons. The molecule has 1 nitrogen and oxygen atoms in total. The summed E-state index contributed by atoms with van der Waals surface area (Å²) < 4.78 is 30.2. The number of hydrogen-bond acceptors (Lipinski definition) is 2. The van der Waals surface area contributed by atoms with Crippen LogP contribution < -0.4 is 0 Å². The van der Waals surface area contributed by atoms with Gasteiger partial charge in [-0.25, -0.2) is 8.78 Å². The van der Waals surface area contributed by atoms with E-state index < -0.39 is 11.6 Å². The Hall–Kier alpha value is -1.00. The van der Waals surface area contributed by atoms with Gasteiger partial charge in [-0.3, -0.25) is 0 Å². The van der Waals surface area contributed by atoms with Crippen LogP contribution in [0.1, 0.15) is 0 Å². The number of hydrogen-bond donors (Lipinski definition) is 0. The van der Waals surface area contributed by atoms with Gasteiger partial charge in [-0.2, -0.15) is 4.37 Å². The van der Waals surface area contributed by atoms with Gasteiger partial charge in [-0.05, 0) is 29.7 Å². The number of halogens is 3. The molecule has 0 aliphatic rings. The van der Waals surface area contributed by atoms with Crippen LogP contribution in [0.4, 0.5) is 8.78 Å². The summed E-state index contributed by atoms with van der Waals surface area (Å²) >= 11 is 6.54. The smallest absolute Gasteiger partial charge is 0.143 e. The highest BCUT2D eigenvalue weighted by molar-refractivity contribution is 7.09. The largest absolute Gasteiger partial charge is 0.206 e. The van der Waals surface area contributed by atoms with E-state index in [1.165, 1.54) is 24.3 Å². The molecule has 0 amide bonds. The Morgan fingerprint density at radius 2 is 1.86 bits per heavy atom. The van der Waals surface area contributed by atoms with Crippen molar-refractivity contribution in [1.82, 2.24) is 4.37 Å². The fraction of sp³-hybridized carbons (Fsp3) is 0. The Bertz CT molecular complexity index is 449. The van der Waals surface area contributed by atoms with Crippen LogP contribution in [0.2, 0.25) is 5.15 Å². The SMILES string of the molecule is Fc1cccc(F)c1-c1cc(Cl)ns1. The second-order valence-corrected chi connectivity index (χ2v) is 3.80. The van der Waals surface area contributed by atoms with Gasteiger partial charge >= 0.3 is 0 Å². The molecule has 1 heterocycles. The third-order valence-corrected chi connectivity index (χ3v) is 2.79. The van der Waals surface area contributed by atoms with Crippen molar-refractivity contribution in [3.8, 4) is 10.4 Å². The van der Waals surface area contributed by atoms with Crippen molar-refractivity contribution in [2.24, 2.45) is 0 Å². The summed E-state index contributed by atoms with van der Waals surface area (Å²) in [5, 5.41) is 0.243. The van der Waals surface area contributed by atoms with Gasteiger partial charge < -0.3 is 0 Å². The zero-order valence-electron chi connectivity index (χ0n) is 6.80. The molecule has 0 spiro atoms. The molecule has 0 saturated carbocycles. The average Bonchev–Trinajstić information content (AvgIpc) is 2.51. The third kappa shape index (κ3) is 1.63. The summed E-state index contributed by atoms with van der Waals surface area (Å²) in [4.78, 5) is 0.394. The van der Waals surface area contributed by atoms with Crippen molar-refractivity contribution in [3.05, 3.63) is 41.1 Å². The van der Waals surface area contributed by atoms with Gasteiger partial charge in [0.15, 0.2) is 0 Å². The minimum Gasteiger partial charge on any atom is -0.206 e. The number of aromatic nitrogens is 1. The molecular weight excluding hydrogens is 228 g/mol. The second-order valence-electron chi connectivity index (χ2n) is 2.61. The minimum atomic E-state index is -0.606. The van der Waals surface area contributed by atoms with Crippen LogP contribution >= 0.6 is 23.1 Å². The number of nitrogens with zero attached hydrogens (tertiary/aromatic N) is 1. The molecule has 0 fully saturated rings. The molecule has 0 aliphatic carbocycles. The van der Waals surface area contributed by atoms with Gasteiger partial charge in [-0.1, -0.05) is 17.7 Å². The quantitative estimate of drug-likeness (QED) is 0.729. The van der Waals surface area contributed by atoms with Crippen LogP contribution in [0.25, 0.3) is 10.4 Å². The van der Waals surface area contributed by atoms with Crippen molar-refractivity contribution in [3.63, 3.8) is 0 Å². The predicted molar refractivity (Wildman–Crippen MR) is 52.5 cm³/mol. The standard InChI is InChI=1S/C9H4ClF2NS/c10-8-4-7(14-13-8)9-5(11)2-1-3-6(9)12/h1-4H. The third-order valence-electron chi connectivity index (χ3n) is 1.69. The average molecular weight is 232 g/mol. The van der Waals surface area contributed by atoms with Crippen LogP contribution in [0, 0.1) is 11.6 Å². The van der Waals surface area contributed by atoms with E-state index in [0.29, 0.717) is 4.88 Å². The molecule has 2 aromatic rings. The Labute approximate surface area is 88.1 Å². The first-order chi connectivity index (χ1) is 6.68. The van der Waals surface area contributed by atoms with E-state index in [-0.39, 0.29) is 10.7 Å². The summed E-state index contributed by atoms with van der Waals surface area (Å²) in [5.41, 5.74) is -0.0723. The molecule has 0 aliphatic heterocycles. The lowest BCUT2D eigenvalue weighted by Gasteiger charge is -1.99. The van der Waals surface area contributed by atoms with Crippen molar-refractivity contribution in [2.75, 3.05) is 0 Å². The maximum absolute atomic E-state index is 13.2. The lowest BCUT2D eigenvalue weighted by atomic mass is 10.1. The summed E-state index contributed by atoms with van der Waals surface area (Å²) in [6, 6.07) is 5.16. The predicted octanol–water partition coefficient (Wildman–Crippen LogP) is 3.74. The van der Waals surface area contributed by atoms with Gasteiger partial charge in [0.05, 0.1) is 10.4 Å². The molecule has 0 unspecified atom stereocenters. The minimum absolute atomic E-state index is 0.0723. The first kappa shape index (κ1) is 9.55. The fourth-order valence-electron chi connectivity index (χ4n) is 1.10. The highest BCUT2D eigenvalue weighted by atomic mass is 35.5. The zero-order valence-corrected chi connectivity index (χ0v) is 8.37. The van der Waals surface area contributed by atoms with E-state index in [4.69, 9.17) is 11.6 Å². The molecule has 14 heavy (non-hydrogen) atoms. The van der Waals surface area contributed by atoms with Gasteiger partial charge in [-0.15, -0.1) is 0 Å². The fourth-order valence-corrected chi connectivity index (χ4v) is 2.07. The first-order valence-electron chi connectivity index (χ1n) is 3.75. The topological polar surface area (TPSA) is 12.9 Å². The summed E-state index contributed by atoms with van der Waals surface area (Å²) in [6.45, 7) is 0. The Morgan fingerprint density at radius 1 is 1.21 bits per heavy atom. The Morgan fingerprint density at radius 3 is 2.36 bits per heavy atom. The normalized spacial score (nSPS) is 10.5.